The maximum absolute atomic E-state index is 9.86. The smallest absolute Gasteiger partial charge is 0.123 e. The van der Waals surface area contributed by atoms with Crippen LogP contribution in [0.2, 0.25) is 0 Å². The molecule has 2 heterocycles. The second-order valence-corrected chi connectivity index (χ2v) is 8.49. The first kappa shape index (κ1) is 18.3. The lowest BCUT2D eigenvalue weighted by atomic mass is 9.74. The van der Waals surface area contributed by atoms with Gasteiger partial charge in [-0.15, -0.1) is 0 Å². The molecule has 2 saturated heterocycles. The van der Waals surface area contributed by atoms with Crippen LogP contribution in [0.25, 0.3) is 0 Å². The lowest BCUT2D eigenvalue weighted by Crippen LogP contribution is -2.39. The molecule has 0 bridgehead atoms. The fraction of sp³-hybridized carbons (Fsp3) is 0.727. The summed E-state index contributed by atoms with van der Waals surface area (Å²) in [7, 11) is 0. The Hall–Kier alpha value is -1.10. The summed E-state index contributed by atoms with van der Waals surface area (Å²) >= 11 is 0. The number of para-hydroxylation sites is 1. The normalized spacial score (nSPS) is 29.3. The molecule has 3 atom stereocenters. The maximum Gasteiger partial charge on any atom is 0.123 e. The number of unbranched alkanes of at least 4 members (excludes halogenated alkanes) is 1. The van der Waals surface area contributed by atoms with Crippen molar-refractivity contribution in [3.05, 3.63) is 29.8 Å². The van der Waals surface area contributed by atoms with Crippen LogP contribution in [0, 0.1) is 11.8 Å². The van der Waals surface area contributed by atoms with Crippen molar-refractivity contribution in [3.63, 3.8) is 0 Å². The van der Waals surface area contributed by atoms with Gasteiger partial charge in [-0.2, -0.15) is 0 Å². The molecule has 1 saturated carbocycles. The molecule has 3 aliphatic rings. The number of piperidine rings is 1. The number of hydrogen-bond donors (Lipinski definition) is 1. The maximum atomic E-state index is 9.86. The summed E-state index contributed by atoms with van der Waals surface area (Å²) in [5.74, 6) is 2.27. The van der Waals surface area contributed by atoms with Crippen LogP contribution >= 0.6 is 0 Å². The Morgan fingerprint density at radius 3 is 2.65 bits per heavy atom. The number of hydrogen-bond acceptors (Lipinski definition) is 4. The van der Waals surface area contributed by atoms with Gasteiger partial charge in [0.1, 0.15) is 5.75 Å². The average Bonchev–Trinajstić information content (AvgIpc) is 3.00. The molecule has 26 heavy (non-hydrogen) atoms. The second kappa shape index (κ2) is 8.73. The first-order valence-electron chi connectivity index (χ1n) is 10.6. The minimum absolute atomic E-state index is 0.0589. The Bertz CT molecular complexity index is 573. The Kier molecular flexibility index (Phi) is 6.13. The Morgan fingerprint density at radius 1 is 1.00 bits per heavy atom. The Morgan fingerprint density at radius 2 is 1.85 bits per heavy atom. The topological polar surface area (TPSA) is 35.9 Å². The number of aliphatic hydroxyl groups excluding tert-OH is 1. The summed E-state index contributed by atoms with van der Waals surface area (Å²) in [4.78, 5) is 5.09. The van der Waals surface area contributed by atoms with Gasteiger partial charge in [-0.1, -0.05) is 24.6 Å². The van der Waals surface area contributed by atoms with Gasteiger partial charge >= 0.3 is 0 Å². The Balaban J connectivity index is 1.20. The van der Waals surface area contributed by atoms with E-state index in [1.807, 2.05) is 0 Å². The van der Waals surface area contributed by atoms with Crippen molar-refractivity contribution >= 4 is 0 Å². The zero-order chi connectivity index (χ0) is 17.8. The molecular weight excluding hydrogens is 324 g/mol. The van der Waals surface area contributed by atoms with Crippen molar-refractivity contribution in [1.29, 1.82) is 0 Å². The van der Waals surface area contributed by atoms with E-state index in [1.54, 1.807) is 0 Å². The van der Waals surface area contributed by atoms with Gasteiger partial charge in [0.15, 0.2) is 0 Å². The first-order chi connectivity index (χ1) is 12.8. The van der Waals surface area contributed by atoms with Gasteiger partial charge in [0.05, 0.1) is 12.7 Å². The third-order valence-electron chi connectivity index (χ3n) is 6.55. The highest BCUT2D eigenvalue weighted by Gasteiger charge is 2.46. The molecule has 0 spiro atoms. The van der Waals surface area contributed by atoms with Gasteiger partial charge in [0.25, 0.3) is 0 Å². The third kappa shape index (κ3) is 4.41. The highest BCUT2D eigenvalue weighted by molar-refractivity contribution is 5.33. The van der Waals surface area contributed by atoms with Crippen molar-refractivity contribution in [1.82, 2.24) is 9.80 Å². The molecule has 4 nitrogen and oxygen atoms in total. The minimum Gasteiger partial charge on any atom is -0.493 e. The molecule has 1 aromatic carbocycles. The van der Waals surface area contributed by atoms with Gasteiger partial charge in [0.2, 0.25) is 0 Å². The summed E-state index contributed by atoms with van der Waals surface area (Å²) in [6.45, 7) is 7.73. The number of aliphatic hydroxyl groups is 1. The van der Waals surface area contributed by atoms with E-state index in [-0.39, 0.29) is 6.10 Å². The third-order valence-corrected chi connectivity index (χ3v) is 6.55. The molecule has 0 amide bonds. The summed E-state index contributed by atoms with van der Waals surface area (Å²) in [5.41, 5.74) is 1.29. The van der Waals surface area contributed by atoms with E-state index in [4.69, 9.17) is 4.74 Å². The van der Waals surface area contributed by atoms with Crippen molar-refractivity contribution < 1.29 is 9.84 Å². The summed E-state index contributed by atoms with van der Waals surface area (Å²) in [6.07, 6.45) is 7.46. The molecule has 144 valence electrons. The van der Waals surface area contributed by atoms with E-state index >= 15 is 0 Å². The lowest BCUT2D eigenvalue weighted by Gasteiger charge is -2.35. The number of likely N-dealkylation sites (tertiary alicyclic amines) is 2. The molecule has 0 radical (unpaired) electrons. The van der Waals surface area contributed by atoms with Crippen LogP contribution in [0.4, 0.5) is 0 Å². The number of nitrogens with zero attached hydrogens (tertiary/aromatic N) is 2. The summed E-state index contributed by atoms with van der Waals surface area (Å²) in [5, 5.41) is 9.86. The van der Waals surface area contributed by atoms with E-state index in [0.717, 1.165) is 44.8 Å². The van der Waals surface area contributed by atoms with Crippen LogP contribution in [0.5, 0.6) is 5.75 Å². The van der Waals surface area contributed by atoms with Crippen molar-refractivity contribution in [2.45, 2.75) is 51.2 Å². The van der Waals surface area contributed by atoms with Gasteiger partial charge in [-0.25, -0.2) is 0 Å². The van der Waals surface area contributed by atoms with E-state index in [0.29, 0.717) is 11.8 Å². The second-order valence-electron chi connectivity index (χ2n) is 8.49. The molecule has 0 unspecified atom stereocenters. The molecule has 1 aromatic rings. The van der Waals surface area contributed by atoms with Crippen LogP contribution < -0.4 is 4.74 Å². The summed E-state index contributed by atoms with van der Waals surface area (Å²) < 4.78 is 6.13. The number of rotatable bonds is 8. The molecule has 4 rings (SSSR count). The van der Waals surface area contributed by atoms with Crippen LogP contribution in [0.15, 0.2) is 24.3 Å². The molecule has 1 N–H and O–H groups in total. The van der Waals surface area contributed by atoms with Crippen LogP contribution in [-0.2, 0) is 6.54 Å². The highest BCUT2D eigenvalue weighted by Crippen LogP contribution is 2.41. The SMILES string of the molecule is O[C@@H]1C[C@@H]2CN(Cc3ccccc3OCCCCN3CCCCC3)C[C@@H]21. The zero-order valence-electron chi connectivity index (χ0n) is 16.0. The van der Waals surface area contributed by atoms with Crippen LogP contribution in [0.3, 0.4) is 0 Å². The first-order valence-corrected chi connectivity index (χ1v) is 10.6. The van der Waals surface area contributed by atoms with Gasteiger partial charge in [0, 0.05) is 31.1 Å². The predicted molar refractivity (Wildman–Crippen MR) is 104 cm³/mol. The molecule has 1 aliphatic carbocycles. The van der Waals surface area contributed by atoms with E-state index in [1.165, 1.54) is 50.9 Å². The minimum atomic E-state index is -0.0589. The fourth-order valence-electron chi connectivity index (χ4n) is 4.91. The number of ether oxygens (including phenoxy) is 1. The van der Waals surface area contributed by atoms with Crippen molar-refractivity contribution in [2.75, 3.05) is 39.3 Å². The van der Waals surface area contributed by atoms with E-state index in [9.17, 15) is 5.11 Å². The quantitative estimate of drug-likeness (QED) is 0.724. The van der Waals surface area contributed by atoms with Crippen molar-refractivity contribution in [2.24, 2.45) is 11.8 Å². The molecule has 2 aliphatic heterocycles. The van der Waals surface area contributed by atoms with Gasteiger partial charge in [-0.3, -0.25) is 4.90 Å². The Labute approximate surface area is 158 Å². The van der Waals surface area contributed by atoms with E-state index < -0.39 is 0 Å². The molecular formula is C22H34N2O2. The average molecular weight is 359 g/mol. The van der Waals surface area contributed by atoms with Crippen LogP contribution in [-0.4, -0.2) is 60.3 Å². The van der Waals surface area contributed by atoms with Crippen LogP contribution in [0.1, 0.15) is 44.1 Å². The van der Waals surface area contributed by atoms with E-state index in [2.05, 4.69) is 34.1 Å². The molecule has 3 fully saturated rings. The number of benzene rings is 1. The highest BCUT2D eigenvalue weighted by atomic mass is 16.5. The fourth-order valence-corrected chi connectivity index (χ4v) is 4.91. The largest absolute Gasteiger partial charge is 0.493 e. The van der Waals surface area contributed by atoms with Gasteiger partial charge in [-0.05, 0) is 63.7 Å². The number of fused-ring (bicyclic) bond motifs is 1. The predicted octanol–water partition coefficient (Wildman–Crippen LogP) is 3.14. The van der Waals surface area contributed by atoms with Gasteiger partial charge < -0.3 is 14.7 Å². The standard InChI is InChI=1S/C22H34N2O2/c25-21-14-19-16-24(17-20(19)21)15-18-8-2-3-9-22(18)26-13-7-6-12-23-10-4-1-5-11-23/h2-3,8-9,19-21,25H,1,4-7,10-17H2/t19-,20+,21-/m1/s1. The lowest BCUT2D eigenvalue weighted by molar-refractivity contribution is -0.00435. The molecule has 4 heteroatoms. The molecule has 0 aromatic heterocycles. The monoisotopic (exact) mass is 358 g/mol. The summed E-state index contributed by atoms with van der Waals surface area (Å²) in [6, 6.07) is 8.49. The van der Waals surface area contributed by atoms with Crippen molar-refractivity contribution in [3.8, 4) is 5.75 Å². The zero-order valence-corrected chi connectivity index (χ0v) is 16.0.